The largest absolute Gasteiger partial charge is 0.389 e. The van der Waals surface area contributed by atoms with E-state index in [1.54, 1.807) is 0 Å². The van der Waals surface area contributed by atoms with Gasteiger partial charge in [-0.1, -0.05) is 24.7 Å². The number of nitrogens with zero attached hydrogens (tertiary/aromatic N) is 2. The lowest BCUT2D eigenvalue weighted by Crippen LogP contribution is -2.59. The maximum Gasteiger partial charge on any atom is 0.107 e. The van der Waals surface area contributed by atoms with Crippen LogP contribution in [0.2, 0.25) is 0 Å². The maximum absolute atomic E-state index is 5.96. The fourth-order valence-corrected chi connectivity index (χ4v) is 4.60. The predicted octanol–water partition coefficient (Wildman–Crippen LogP) is 3.15. The molecule has 2 unspecified atom stereocenters. The lowest BCUT2D eigenvalue weighted by atomic mass is 9.96. The minimum atomic E-state index is 0.468. The molecule has 2 fully saturated rings. The molecule has 0 radical (unpaired) electrons. The molecule has 2 heterocycles. The summed E-state index contributed by atoms with van der Waals surface area (Å²) < 4.78 is 0.991. The summed E-state index contributed by atoms with van der Waals surface area (Å²) in [5, 5.41) is 0. The molecule has 114 valence electrons. The van der Waals surface area contributed by atoms with Crippen molar-refractivity contribution in [2.24, 2.45) is 5.73 Å². The molecule has 2 atom stereocenters. The van der Waals surface area contributed by atoms with E-state index < -0.39 is 0 Å². The van der Waals surface area contributed by atoms with E-state index in [2.05, 4.69) is 44.8 Å². The molecule has 3 rings (SSSR count). The van der Waals surface area contributed by atoms with Gasteiger partial charge in [0, 0.05) is 40.9 Å². The van der Waals surface area contributed by atoms with Crippen molar-refractivity contribution in [3.05, 3.63) is 28.2 Å². The molecule has 3 nitrogen and oxygen atoms in total. The smallest absolute Gasteiger partial charge is 0.107 e. The number of thiocarbonyl (C=S) groups is 1. The molecule has 0 spiro atoms. The highest BCUT2D eigenvalue weighted by Gasteiger charge is 2.34. The van der Waals surface area contributed by atoms with Crippen molar-refractivity contribution in [1.29, 1.82) is 0 Å². The summed E-state index contributed by atoms with van der Waals surface area (Å²) in [4.78, 5) is 5.62. The van der Waals surface area contributed by atoms with Gasteiger partial charge in [0.1, 0.15) is 4.99 Å². The van der Waals surface area contributed by atoms with Gasteiger partial charge in [-0.15, -0.1) is 0 Å². The molecule has 0 bridgehead atoms. The van der Waals surface area contributed by atoms with Gasteiger partial charge in [-0.2, -0.15) is 0 Å². The summed E-state index contributed by atoms with van der Waals surface area (Å²) >= 11 is 8.87. The van der Waals surface area contributed by atoms with Gasteiger partial charge in [-0.25, -0.2) is 0 Å². The lowest BCUT2D eigenvalue weighted by Gasteiger charge is -2.49. The second kappa shape index (κ2) is 6.23. The normalized spacial score (nSPS) is 26.5. The molecule has 2 N–H and O–H groups in total. The Bertz CT molecular complexity index is 548. The first-order valence-electron chi connectivity index (χ1n) is 7.67. The van der Waals surface area contributed by atoms with Gasteiger partial charge in [-0.3, -0.25) is 4.90 Å². The minimum Gasteiger partial charge on any atom is -0.389 e. The number of hydrogen-bond donors (Lipinski definition) is 1. The van der Waals surface area contributed by atoms with Crippen molar-refractivity contribution in [3.8, 4) is 0 Å². The highest BCUT2D eigenvalue weighted by Crippen LogP contribution is 2.33. The standard InChI is InChI=1S/C16H22BrN3S/c1-11-9-19-8-3-2-5-12(19)10-20(11)14-7-4-6-13(17)15(14)16(18)21/h4,6-7,11-12H,2-3,5,8-10H2,1H3,(H2,18,21). The molecule has 0 saturated carbocycles. The summed E-state index contributed by atoms with van der Waals surface area (Å²) in [6.07, 6.45) is 4.00. The monoisotopic (exact) mass is 367 g/mol. The number of piperidine rings is 1. The SMILES string of the molecule is CC1CN2CCCCC2CN1c1cccc(Br)c1C(N)=S. The van der Waals surface area contributed by atoms with Crippen molar-refractivity contribution in [1.82, 2.24) is 4.90 Å². The summed E-state index contributed by atoms with van der Waals surface area (Å²) in [6, 6.07) is 7.39. The Balaban J connectivity index is 1.93. The summed E-state index contributed by atoms with van der Waals surface area (Å²) in [6.45, 7) is 5.76. The molecule has 2 saturated heterocycles. The van der Waals surface area contributed by atoms with E-state index in [1.165, 1.54) is 31.5 Å². The number of halogens is 1. The Hall–Kier alpha value is -0.650. The van der Waals surface area contributed by atoms with E-state index in [4.69, 9.17) is 18.0 Å². The predicted molar refractivity (Wildman–Crippen MR) is 96.0 cm³/mol. The summed E-state index contributed by atoms with van der Waals surface area (Å²) in [5.74, 6) is 0. The molecular weight excluding hydrogens is 346 g/mol. The third kappa shape index (κ3) is 2.96. The van der Waals surface area contributed by atoms with Crippen molar-refractivity contribution in [2.75, 3.05) is 24.5 Å². The van der Waals surface area contributed by atoms with Crippen LogP contribution in [-0.4, -0.2) is 41.6 Å². The fourth-order valence-electron chi connectivity index (χ4n) is 3.68. The lowest BCUT2D eigenvalue weighted by molar-refractivity contribution is 0.115. The Morgan fingerprint density at radius 1 is 1.33 bits per heavy atom. The van der Waals surface area contributed by atoms with Gasteiger partial charge in [0.2, 0.25) is 0 Å². The molecule has 5 heteroatoms. The Kier molecular flexibility index (Phi) is 4.52. The van der Waals surface area contributed by atoms with E-state index in [0.29, 0.717) is 17.1 Å². The quantitative estimate of drug-likeness (QED) is 0.813. The first-order valence-corrected chi connectivity index (χ1v) is 8.87. The van der Waals surface area contributed by atoms with Gasteiger partial charge in [-0.05, 0) is 54.4 Å². The second-order valence-corrected chi connectivity index (χ2v) is 7.44. The highest BCUT2D eigenvalue weighted by atomic mass is 79.9. The van der Waals surface area contributed by atoms with E-state index in [1.807, 2.05) is 6.07 Å². The van der Waals surface area contributed by atoms with Crippen LogP contribution in [0, 0.1) is 0 Å². The van der Waals surface area contributed by atoms with Crippen LogP contribution in [0.3, 0.4) is 0 Å². The molecular formula is C16H22BrN3S. The summed E-state index contributed by atoms with van der Waals surface area (Å²) in [5.41, 5.74) is 8.11. The zero-order valence-corrected chi connectivity index (χ0v) is 14.8. The number of anilines is 1. The number of piperazine rings is 1. The van der Waals surface area contributed by atoms with Crippen LogP contribution in [0.25, 0.3) is 0 Å². The van der Waals surface area contributed by atoms with Crippen molar-refractivity contribution < 1.29 is 0 Å². The van der Waals surface area contributed by atoms with Gasteiger partial charge < -0.3 is 10.6 Å². The van der Waals surface area contributed by atoms with Crippen molar-refractivity contribution >= 4 is 38.8 Å². The van der Waals surface area contributed by atoms with Crippen LogP contribution < -0.4 is 10.6 Å². The Morgan fingerprint density at radius 3 is 2.90 bits per heavy atom. The van der Waals surface area contributed by atoms with E-state index in [-0.39, 0.29) is 0 Å². The third-order valence-electron chi connectivity index (χ3n) is 4.73. The Morgan fingerprint density at radius 2 is 2.14 bits per heavy atom. The van der Waals surface area contributed by atoms with E-state index in [9.17, 15) is 0 Å². The van der Waals surface area contributed by atoms with Crippen molar-refractivity contribution in [2.45, 2.75) is 38.3 Å². The molecule has 21 heavy (non-hydrogen) atoms. The summed E-state index contributed by atoms with van der Waals surface area (Å²) in [7, 11) is 0. The number of benzene rings is 1. The van der Waals surface area contributed by atoms with Crippen molar-refractivity contribution in [3.63, 3.8) is 0 Å². The maximum atomic E-state index is 5.96. The second-order valence-electron chi connectivity index (χ2n) is 6.14. The molecule has 1 aromatic rings. The minimum absolute atomic E-state index is 0.468. The third-order valence-corrected chi connectivity index (χ3v) is 5.60. The number of rotatable bonds is 2. The van der Waals surface area contributed by atoms with Gasteiger partial charge in [0.15, 0.2) is 0 Å². The molecule has 1 aromatic carbocycles. The van der Waals surface area contributed by atoms with Crippen LogP contribution in [0.15, 0.2) is 22.7 Å². The first-order chi connectivity index (χ1) is 10.1. The average Bonchev–Trinajstić information content (AvgIpc) is 2.45. The molecule has 0 amide bonds. The molecule has 0 aromatic heterocycles. The van der Waals surface area contributed by atoms with Crippen LogP contribution >= 0.6 is 28.1 Å². The van der Waals surface area contributed by atoms with Crippen LogP contribution in [0.5, 0.6) is 0 Å². The average molecular weight is 368 g/mol. The van der Waals surface area contributed by atoms with Gasteiger partial charge in [0.25, 0.3) is 0 Å². The molecule has 0 aliphatic carbocycles. The highest BCUT2D eigenvalue weighted by molar-refractivity contribution is 9.10. The zero-order chi connectivity index (χ0) is 15.0. The van der Waals surface area contributed by atoms with Gasteiger partial charge >= 0.3 is 0 Å². The fraction of sp³-hybridized carbons (Fsp3) is 0.562. The van der Waals surface area contributed by atoms with E-state index in [0.717, 1.165) is 23.1 Å². The topological polar surface area (TPSA) is 32.5 Å². The van der Waals surface area contributed by atoms with E-state index >= 15 is 0 Å². The van der Waals surface area contributed by atoms with Crippen LogP contribution in [0.4, 0.5) is 5.69 Å². The number of fused-ring (bicyclic) bond motifs is 1. The molecule has 2 aliphatic rings. The zero-order valence-electron chi connectivity index (χ0n) is 12.4. The van der Waals surface area contributed by atoms with Crippen LogP contribution in [-0.2, 0) is 0 Å². The molecule has 2 aliphatic heterocycles. The van der Waals surface area contributed by atoms with Crippen LogP contribution in [0.1, 0.15) is 31.7 Å². The number of nitrogens with two attached hydrogens (primary N) is 1. The first kappa shape index (κ1) is 15.3. The van der Waals surface area contributed by atoms with Gasteiger partial charge in [0.05, 0.1) is 0 Å². The Labute approximate surface area is 140 Å². The number of hydrogen-bond acceptors (Lipinski definition) is 3.